The Morgan fingerprint density at radius 2 is 1.81 bits per heavy atom. The Labute approximate surface area is 189 Å². The van der Waals surface area contributed by atoms with Crippen molar-refractivity contribution in [2.75, 3.05) is 5.73 Å². The van der Waals surface area contributed by atoms with E-state index in [1.165, 1.54) is 56.8 Å². The fraction of sp³-hybridized carbons (Fsp3) is 0.233. The Morgan fingerprint density at radius 3 is 2.72 bits per heavy atom. The molecule has 0 radical (unpaired) electrons. The van der Waals surface area contributed by atoms with Gasteiger partial charge in [-0.3, -0.25) is 4.99 Å². The topological polar surface area (TPSA) is 38.4 Å². The predicted octanol–water partition coefficient (Wildman–Crippen LogP) is 4.93. The number of nitrogen functional groups attached to an aromatic ring is 1. The third kappa shape index (κ3) is 3.93. The van der Waals surface area contributed by atoms with Crippen molar-refractivity contribution in [3.05, 3.63) is 104 Å². The van der Waals surface area contributed by atoms with Crippen LogP contribution in [-0.2, 0) is 19.3 Å². The van der Waals surface area contributed by atoms with Crippen molar-refractivity contribution >= 4 is 30.1 Å². The van der Waals surface area contributed by atoms with Crippen molar-refractivity contribution < 1.29 is 0 Å². The van der Waals surface area contributed by atoms with Crippen molar-refractivity contribution in [3.63, 3.8) is 0 Å². The molecule has 2 heteroatoms. The highest BCUT2D eigenvalue weighted by Gasteiger charge is 2.17. The first-order chi connectivity index (χ1) is 15.7. The van der Waals surface area contributed by atoms with Crippen LogP contribution in [0.5, 0.6) is 0 Å². The molecule has 0 spiro atoms. The van der Waals surface area contributed by atoms with Gasteiger partial charge in [0, 0.05) is 29.7 Å². The Morgan fingerprint density at radius 1 is 0.906 bits per heavy atom. The molecule has 3 aliphatic rings. The van der Waals surface area contributed by atoms with Crippen molar-refractivity contribution in [3.8, 4) is 0 Å². The Kier molecular flexibility index (Phi) is 5.77. The zero-order chi connectivity index (χ0) is 21.9. The maximum absolute atomic E-state index is 6.14. The van der Waals surface area contributed by atoms with E-state index in [9.17, 15) is 0 Å². The van der Waals surface area contributed by atoms with E-state index in [1.54, 1.807) is 5.56 Å². The summed E-state index contributed by atoms with van der Waals surface area (Å²) in [6, 6.07) is 19.2. The lowest BCUT2D eigenvalue weighted by molar-refractivity contribution is 0.513. The highest BCUT2D eigenvalue weighted by molar-refractivity contribution is 5.69. The molecule has 0 amide bonds. The van der Waals surface area contributed by atoms with E-state index in [4.69, 9.17) is 5.73 Å². The number of hydrogen-bond donors (Lipinski definition) is 1. The lowest BCUT2D eigenvalue weighted by atomic mass is 9.83. The third-order valence-electron chi connectivity index (χ3n) is 6.96. The Balaban J connectivity index is 0.000000165. The number of aliphatic imine (C=N–C) groups is 1. The van der Waals surface area contributed by atoms with E-state index in [2.05, 4.69) is 72.6 Å². The molecule has 1 unspecified atom stereocenters. The number of benzene rings is 3. The molecule has 32 heavy (non-hydrogen) atoms. The van der Waals surface area contributed by atoms with Crippen LogP contribution in [0, 0.1) is 16.4 Å². The second-order valence-electron chi connectivity index (χ2n) is 8.84. The second kappa shape index (κ2) is 9.00. The average Bonchev–Trinajstić information content (AvgIpc) is 3.09. The number of fused-ring (bicyclic) bond motifs is 5. The van der Waals surface area contributed by atoms with Gasteiger partial charge in [0.2, 0.25) is 0 Å². The van der Waals surface area contributed by atoms with Gasteiger partial charge in [0.15, 0.2) is 0 Å². The molecule has 0 fully saturated rings. The van der Waals surface area contributed by atoms with Crippen molar-refractivity contribution in [1.82, 2.24) is 0 Å². The standard InChI is InChI=1S/C20H21N.C10H9N/c1-2-13-6-7-14-8-9-16-15-4-3-5-20(21)18(15)11-10-17(16)19(14)12-13;1-2-4-10-6-8-11-7-5-9(10)3-1/h3-5,7-9,11,13H,2,6,10,12,21H2,1H3;1-5,7-8H,6H2. The first-order valence-corrected chi connectivity index (χ1v) is 11.7. The van der Waals surface area contributed by atoms with Crippen molar-refractivity contribution in [1.29, 1.82) is 0 Å². The summed E-state index contributed by atoms with van der Waals surface area (Å²) in [4.78, 5) is 4.08. The molecule has 2 aliphatic carbocycles. The molecule has 0 aromatic heterocycles. The molecule has 0 saturated heterocycles. The molecule has 3 aromatic rings. The predicted molar refractivity (Wildman–Crippen MR) is 137 cm³/mol. The summed E-state index contributed by atoms with van der Waals surface area (Å²) in [5.41, 5.74) is 12.8. The SMILES string of the molecule is C1=Cc2ccccc2CC=N1.CCC1CC=c2ccc3c(c2C1)CC=c1c(N)cccc1=3. The lowest BCUT2D eigenvalue weighted by Gasteiger charge is -2.22. The maximum Gasteiger partial charge on any atom is 0.0390 e. The van der Waals surface area contributed by atoms with E-state index < -0.39 is 0 Å². The van der Waals surface area contributed by atoms with Crippen molar-refractivity contribution in [2.24, 2.45) is 10.9 Å². The summed E-state index contributed by atoms with van der Waals surface area (Å²) < 4.78 is 0. The third-order valence-corrected chi connectivity index (χ3v) is 6.96. The smallest absolute Gasteiger partial charge is 0.0390 e. The molecular formula is C30H30N2. The fourth-order valence-electron chi connectivity index (χ4n) is 5.07. The first-order valence-electron chi connectivity index (χ1n) is 11.7. The first kappa shape index (κ1) is 20.5. The largest absolute Gasteiger partial charge is 0.398 e. The number of anilines is 1. The molecule has 0 bridgehead atoms. The highest BCUT2D eigenvalue weighted by Crippen LogP contribution is 2.23. The van der Waals surface area contributed by atoms with Gasteiger partial charge in [0.25, 0.3) is 0 Å². The molecule has 3 aromatic carbocycles. The summed E-state index contributed by atoms with van der Waals surface area (Å²) in [6.07, 6.45) is 16.3. The minimum Gasteiger partial charge on any atom is -0.398 e. The van der Waals surface area contributed by atoms with E-state index in [0.29, 0.717) is 0 Å². The van der Waals surface area contributed by atoms with Gasteiger partial charge in [0.05, 0.1) is 0 Å². The van der Waals surface area contributed by atoms with Crippen LogP contribution in [-0.4, -0.2) is 6.21 Å². The van der Waals surface area contributed by atoms with Gasteiger partial charge >= 0.3 is 0 Å². The monoisotopic (exact) mass is 418 g/mol. The van der Waals surface area contributed by atoms with Gasteiger partial charge in [0.1, 0.15) is 0 Å². The summed E-state index contributed by atoms with van der Waals surface area (Å²) in [6.45, 7) is 2.31. The minimum absolute atomic E-state index is 0.811. The highest BCUT2D eigenvalue weighted by atomic mass is 14.7. The minimum atomic E-state index is 0.811. The normalized spacial score (nSPS) is 17.2. The van der Waals surface area contributed by atoms with Gasteiger partial charge in [-0.2, -0.15) is 0 Å². The molecule has 160 valence electrons. The fourth-order valence-corrected chi connectivity index (χ4v) is 5.07. The quantitative estimate of drug-likeness (QED) is 0.559. The zero-order valence-electron chi connectivity index (χ0n) is 18.7. The van der Waals surface area contributed by atoms with Crippen LogP contribution in [0.2, 0.25) is 0 Å². The maximum atomic E-state index is 6.14. The van der Waals surface area contributed by atoms with Gasteiger partial charge in [-0.05, 0) is 75.2 Å². The van der Waals surface area contributed by atoms with Crippen LogP contribution in [0.25, 0.3) is 18.2 Å². The number of nitrogens with two attached hydrogens (primary N) is 1. The zero-order valence-corrected chi connectivity index (χ0v) is 18.7. The van der Waals surface area contributed by atoms with Crippen molar-refractivity contribution in [2.45, 2.75) is 39.0 Å². The molecule has 2 N–H and O–H groups in total. The number of rotatable bonds is 1. The van der Waals surface area contributed by atoms with E-state index >= 15 is 0 Å². The molecule has 0 saturated carbocycles. The number of hydrogen-bond acceptors (Lipinski definition) is 2. The van der Waals surface area contributed by atoms with Gasteiger partial charge < -0.3 is 5.73 Å². The average molecular weight is 419 g/mol. The molecule has 1 aliphatic heterocycles. The van der Waals surface area contributed by atoms with Crippen LogP contribution in [0.3, 0.4) is 0 Å². The summed E-state index contributed by atoms with van der Waals surface area (Å²) in [5, 5.41) is 5.37. The van der Waals surface area contributed by atoms with Crippen LogP contribution in [0.1, 0.15) is 42.0 Å². The van der Waals surface area contributed by atoms with E-state index in [-0.39, 0.29) is 0 Å². The van der Waals surface area contributed by atoms with Crippen LogP contribution in [0.4, 0.5) is 5.69 Å². The number of nitrogens with zero attached hydrogens (tertiary/aromatic N) is 1. The second-order valence-corrected chi connectivity index (χ2v) is 8.84. The van der Waals surface area contributed by atoms with Crippen LogP contribution < -0.4 is 16.2 Å². The van der Waals surface area contributed by atoms with Gasteiger partial charge in [-0.15, -0.1) is 0 Å². The van der Waals surface area contributed by atoms with Gasteiger partial charge in [-0.1, -0.05) is 74.0 Å². The summed E-state index contributed by atoms with van der Waals surface area (Å²) >= 11 is 0. The molecule has 6 rings (SSSR count). The molecular weight excluding hydrogens is 388 g/mol. The summed E-state index contributed by atoms with van der Waals surface area (Å²) in [7, 11) is 0. The van der Waals surface area contributed by atoms with E-state index in [1.807, 2.05) is 24.6 Å². The summed E-state index contributed by atoms with van der Waals surface area (Å²) in [5.74, 6) is 0.811. The molecule has 1 atom stereocenters. The van der Waals surface area contributed by atoms with Crippen LogP contribution >= 0.6 is 0 Å². The Bertz CT molecular complexity index is 1430. The lowest BCUT2D eigenvalue weighted by Crippen LogP contribution is -2.24. The molecule has 2 nitrogen and oxygen atoms in total. The van der Waals surface area contributed by atoms with Crippen LogP contribution in [0.15, 0.2) is 65.8 Å². The van der Waals surface area contributed by atoms with E-state index in [0.717, 1.165) is 24.4 Å². The molecule has 1 heterocycles. The Hall–Kier alpha value is -3.39. The van der Waals surface area contributed by atoms with Gasteiger partial charge in [-0.25, -0.2) is 0 Å².